The summed E-state index contributed by atoms with van der Waals surface area (Å²) in [5, 5.41) is 8.88. The van der Waals surface area contributed by atoms with Crippen LogP contribution in [0.2, 0.25) is 0 Å². The van der Waals surface area contributed by atoms with Gasteiger partial charge in [0, 0.05) is 18.0 Å². The van der Waals surface area contributed by atoms with Crippen LogP contribution in [0.1, 0.15) is 44.4 Å². The van der Waals surface area contributed by atoms with Crippen molar-refractivity contribution in [2.45, 2.75) is 46.1 Å². The number of piperidine rings is 1. The summed E-state index contributed by atoms with van der Waals surface area (Å²) in [7, 11) is 0. The van der Waals surface area contributed by atoms with Gasteiger partial charge in [-0.1, -0.05) is 13.0 Å². The molecule has 4 nitrogen and oxygen atoms in total. The summed E-state index contributed by atoms with van der Waals surface area (Å²) in [6.45, 7) is 11.0. The van der Waals surface area contributed by atoms with Crippen LogP contribution in [0.15, 0.2) is 22.5 Å². The Morgan fingerprint density at radius 2 is 2.13 bits per heavy atom. The molecule has 0 atom stereocenters. The monoisotopic (exact) mass is 336 g/mol. The minimum absolute atomic E-state index is 0.763. The van der Waals surface area contributed by atoms with Gasteiger partial charge in [0.05, 0.1) is 6.54 Å². The highest BCUT2D eigenvalue weighted by atomic mass is 32.1. The van der Waals surface area contributed by atoms with Crippen molar-refractivity contribution in [1.29, 1.82) is 0 Å². The molecule has 0 saturated carbocycles. The molecule has 0 amide bonds. The summed E-state index contributed by atoms with van der Waals surface area (Å²) in [6.07, 6.45) is 5.22. The summed E-state index contributed by atoms with van der Waals surface area (Å²) in [5.74, 6) is 1.86. The van der Waals surface area contributed by atoms with Crippen LogP contribution in [-0.2, 0) is 6.54 Å². The Morgan fingerprint density at radius 1 is 1.30 bits per heavy atom. The number of hydrogen-bond acceptors (Lipinski definition) is 3. The van der Waals surface area contributed by atoms with Crippen molar-refractivity contribution in [1.82, 2.24) is 15.5 Å². The molecule has 1 saturated heterocycles. The topological polar surface area (TPSA) is 39.7 Å². The lowest BCUT2D eigenvalue weighted by atomic mass is 9.99. The molecule has 0 radical (unpaired) electrons. The first-order valence-corrected chi connectivity index (χ1v) is 9.92. The van der Waals surface area contributed by atoms with E-state index in [-0.39, 0.29) is 0 Å². The average molecular weight is 337 g/mol. The van der Waals surface area contributed by atoms with Crippen LogP contribution in [0, 0.1) is 5.92 Å². The lowest BCUT2D eigenvalue weighted by Gasteiger charge is -2.30. The Balaban J connectivity index is 1.59. The first-order valence-electron chi connectivity index (χ1n) is 9.05. The van der Waals surface area contributed by atoms with E-state index in [1.54, 1.807) is 11.3 Å². The summed E-state index contributed by atoms with van der Waals surface area (Å²) in [5.41, 5.74) is 0. The van der Waals surface area contributed by atoms with E-state index in [4.69, 9.17) is 0 Å². The van der Waals surface area contributed by atoms with Crippen molar-refractivity contribution in [3.05, 3.63) is 22.4 Å². The number of likely N-dealkylation sites (tertiary alicyclic amines) is 1. The normalized spacial score (nSPS) is 17.4. The first-order chi connectivity index (χ1) is 11.3. The number of nitrogens with one attached hydrogen (secondary N) is 2. The van der Waals surface area contributed by atoms with Crippen molar-refractivity contribution >= 4 is 17.3 Å². The van der Waals surface area contributed by atoms with Crippen molar-refractivity contribution in [3.8, 4) is 0 Å². The largest absolute Gasteiger partial charge is 0.357 e. The molecule has 2 N–H and O–H groups in total. The fourth-order valence-corrected chi connectivity index (χ4v) is 3.48. The molecule has 23 heavy (non-hydrogen) atoms. The second-order valence-corrected chi connectivity index (χ2v) is 7.46. The quantitative estimate of drug-likeness (QED) is 0.435. The predicted molar refractivity (Wildman–Crippen MR) is 101 cm³/mol. The molecule has 1 aliphatic rings. The molecular weight excluding hydrogens is 304 g/mol. The maximum Gasteiger partial charge on any atom is 0.191 e. The molecular formula is C18H32N4S. The highest BCUT2D eigenvalue weighted by Crippen LogP contribution is 2.16. The third-order valence-corrected chi connectivity index (χ3v) is 5.25. The Morgan fingerprint density at radius 3 is 2.83 bits per heavy atom. The van der Waals surface area contributed by atoms with E-state index in [0.29, 0.717) is 0 Å². The van der Waals surface area contributed by atoms with E-state index in [1.807, 2.05) is 0 Å². The van der Waals surface area contributed by atoms with Gasteiger partial charge in [-0.25, -0.2) is 4.99 Å². The van der Waals surface area contributed by atoms with Crippen molar-refractivity contribution in [3.63, 3.8) is 0 Å². The zero-order valence-corrected chi connectivity index (χ0v) is 15.5. The molecule has 2 heterocycles. The van der Waals surface area contributed by atoms with E-state index in [2.05, 4.69) is 51.9 Å². The SMILES string of the molecule is CCNC(=NCc1cccs1)NCCCCN1CCC(C)CC1. The molecule has 0 aromatic carbocycles. The van der Waals surface area contributed by atoms with Crippen LogP contribution in [-0.4, -0.2) is 43.6 Å². The van der Waals surface area contributed by atoms with Crippen molar-refractivity contribution in [2.75, 3.05) is 32.7 Å². The van der Waals surface area contributed by atoms with Crippen LogP contribution in [0.4, 0.5) is 0 Å². The van der Waals surface area contributed by atoms with E-state index < -0.39 is 0 Å². The summed E-state index contributed by atoms with van der Waals surface area (Å²) >= 11 is 1.76. The van der Waals surface area contributed by atoms with Crippen LogP contribution >= 0.6 is 11.3 Å². The van der Waals surface area contributed by atoms with E-state index >= 15 is 0 Å². The van der Waals surface area contributed by atoms with Gasteiger partial charge in [0.25, 0.3) is 0 Å². The number of nitrogens with zero attached hydrogens (tertiary/aromatic N) is 2. The minimum atomic E-state index is 0.763. The van der Waals surface area contributed by atoms with E-state index in [0.717, 1.165) is 31.5 Å². The summed E-state index contributed by atoms with van der Waals surface area (Å²) in [6, 6.07) is 4.22. The van der Waals surface area contributed by atoms with E-state index in [1.165, 1.54) is 50.2 Å². The van der Waals surface area contributed by atoms with E-state index in [9.17, 15) is 0 Å². The zero-order chi connectivity index (χ0) is 16.3. The smallest absolute Gasteiger partial charge is 0.191 e. The fourth-order valence-electron chi connectivity index (χ4n) is 2.85. The Bertz CT molecular complexity index is 436. The zero-order valence-electron chi connectivity index (χ0n) is 14.7. The number of unbranched alkanes of at least 4 members (excludes halogenated alkanes) is 1. The standard InChI is InChI=1S/C18H32N4S/c1-3-19-18(21-15-17-7-6-14-23-17)20-10-4-5-11-22-12-8-16(2)9-13-22/h6-7,14,16H,3-5,8-13,15H2,1-2H3,(H2,19,20,21). The van der Waals surface area contributed by atoms with Gasteiger partial charge >= 0.3 is 0 Å². The molecule has 2 rings (SSSR count). The maximum absolute atomic E-state index is 4.65. The van der Waals surface area contributed by atoms with Gasteiger partial charge in [0.1, 0.15) is 0 Å². The van der Waals surface area contributed by atoms with Gasteiger partial charge in [-0.2, -0.15) is 0 Å². The third kappa shape index (κ3) is 7.36. The number of rotatable bonds is 8. The fraction of sp³-hybridized carbons (Fsp3) is 0.722. The predicted octanol–water partition coefficient (Wildman–Crippen LogP) is 3.32. The van der Waals surface area contributed by atoms with Crippen molar-refractivity contribution in [2.24, 2.45) is 10.9 Å². The highest BCUT2D eigenvalue weighted by molar-refractivity contribution is 7.09. The molecule has 0 unspecified atom stereocenters. The van der Waals surface area contributed by atoms with Crippen LogP contribution < -0.4 is 10.6 Å². The number of thiophene rings is 1. The number of hydrogen-bond donors (Lipinski definition) is 2. The molecule has 1 aromatic heterocycles. The highest BCUT2D eigenvalue weighted by Gasteiger charge is 2.14. The van der Waals surface area contributed by atoms with Crippen molar-refractivity contribution < 1.29 is 0 Å². The molecule has 130 valence electrons. The van der Waals surface area contributed by atoms with Gasteiger partial charge in [-0.3, -0.25) is 0 Å². The van der Waals surface area contributed by atoms with Gasteiger partial charge in [-0.05, 0) is 69.6 Å². The Kier molecular flexibility index (Phi) is 8.47. The first kappa shape index (κ1) is 18.3. The number of aliphatic imine (C=N–C) groups is 1. The van der Waals surface area contributed by atoms with Gasteiger partial charge in [0.2, 0.25) is 0 Å². The molecule has 5 heteroatoms. The third-order valence-electron chi connectivity index (χ3n) is 4.39. The number of guanidine groups is 1. The molecule has 1 fully saturated rings. The maximum atomic E-state index is 4.65. The van der Waals surface area contributed by atoms with Gasteiger partial charge in [0.15, 0.2) is 5.96 Å². The molecule has 1 aliphatic heterocycles. The second-order valence-electron chi connectivity index (χ2n) is 6.43. The van der Waals surface area contributed by atoms with Gasteiger partial charge < -0.3 is 15.5 Å². The minimum Gasteiger partial charge on any atom is -0.357 e. The molecule has 0 spiro atoms. The molecule has 0 aliphatic carbocycles. The summed E-state index contributed by atoms with van der Waals surface area (Å²) < 4.78 is 0. The van der Waals surface area contributed by atoms with Crippen LogP contribution in [0.5, 0.6) is 0 Å². The molecule has 1 aromatic rings. The van der Waals surface area contributed by atoms with Crippen LogP contribution in [0.3, 0.4) is 0 Å². The average Bonchev–Trinajstić information content (AvgIpc) is 3.07. The lowest BCUT2D eigenvalue weighted by molar-refractivity contribution is 0.189. The van der Waals surface area contributed by atoms with Gasteiger partial charge in [-0.15, -0.1) is 11.3 Å². The second kappa shape index (κ2) is 10.7. The Hall–Kier alpha value is -1.07. The van der Waals surface area contributed by atoms with Crippen LogP contribution in [0.25, 0.3) is 0 Å². The Labute approximate surface area is 145 Å². The molecule has 0 bridgehead atoms. The lowest BCUT2D eigenvalue weighted by Crippen LogP contribution is -2.38. The summed E-state index contributed by atoms with van der Waals surface area (Å²) in [4.78, 5) is 8.57.